The molecule has 2 nitrogen and oxygen atoms in total. The normalized spacial score (nSPS) is 18.4. The van der Waals surface area contributed by atoms with E-state index >= 15 is 0 Å². The Morgan fingerprint density at radius 1 is 1.18 bits per heavy atom. The molecular weight excluding hydrogens is 232 g/mol. The minimum Gasteiger partial charge on any atom is -0.370 e. The predicted molar refractivity (Wildman–Crippen MR) is 71.1 cm³/mol. The molecule has 1 aliphatic rings. The number of nitrogens with zero attached hydrogens (tertiary/aromatic N) is 1. The molecule has 0 saturated heterocycles. The fraction of sp³-hybridized carbons (Fsp3) is 0.500. The lowest BCUT2D eigenvalue weighted by Gasteiger charge is -2.27. The van der Waals surface area contributed by atoms with Crippen LogP contribution in [0.25, 0.3) is 0 Å². The van der Waals surface area contributed by atoms with Crippen LogP contribution in [-0.4, -0.2) is 6.04 Å². The first-order valence-corrected chi connectivity index (χ1v) is 6.59. The first-order chi connectivity index (χ1) is 8.29. The second-order valence-electron chi connectivity index (χ2n) is 4.66. The smallest absolute Gasteiger partial charge is 0.117 e. The maximum Gasteiger partial charge on any atom is 0.117 e. The van der Waals surface area contributed by atoms with Crippen LogP contribution in [0.1, 0.15) is 32.1 Å². The van der Waals surface area contributed by atoms with Crippen LogP contribution in [0.3, 0.4) is 0 Å². The maximum atomic E-state index is 9.26. The van der Waals surface area contributed by atoms with Gasteiger partial charge in [0.25, 0.3) is 0 Å². The van der Waals surface area contributed by atoms with Gasteiger partial charge in [-0.3, -0.25) is 0 Å². The molecule has 0 heterocycles. The van der Waals surface area contributed by atoms with E-state index in [1.165, 1.54) is 32.1 Å². The van der Waals surface area contributed by atoms with Crippen LogP contribution in [0, 0.1) is 17.2 Å². The van der Waals surface area contributed by atoms with Crippen molar-refractivity contribution in [2.45, 2.75) is 38.1 Å². The zero-order chi connectivity index (χ0) is 12.1. The Labute approximate surface area is 108 Å². The van der Waals surface area contributed by atoms with Gasteiger partial charge in [0.05, 0.1) is 6.07 Å². The summed E-state index contributed by atoms with van der Waals surface area (Å²) in [6.45, 7) is 0. The van der Waals surface area contributed by atoms with Crippen molar-refractivity contribution in [1.82, 2.24) is 0 Å². The fourth-order valence-electron chi connectivity index (χ4n) is 2.45. The van der Waals surface area contributed by atoms with Gasteiger partial charge in [0.1, 0.15) is 6.04 Å². The van der Waals surface area contributed by atoms with Crippen molar-refractivity contribution < 1.29 is 0 Å². The molecule has 0 radical (unpaired) electrons. The van der Waals surface area contributed by atoms with E-state index in [0.29, 0.717) is 5.92 Å². The monoisotopic (exact) mass is 248 g/mol. The Kier molecular flexibility index (Phi) is 4.28. The summed E-state index contributed by atoms with van der Waals surface area (Å²) in [4.78, 5) is 0. The molecule has 0 amide bonds. The van der Waals surface area contributed by atoms with Crippen LogP contribution in [0.4, 0.5) is 5.69 Å². The summed E-state index contributed by atoms with van der Waals surface area (Å²) >= 11 is 5.84. The van der Waals surface area contributed by atoms with Gasteiger partial charge in [-0.2, -0.15) is 5.26 Å². The number of nitrogens with one attached hydrogen (secondary N) is 1. The average Bonchev–Trinajstić information content (AvgIpc) is 2.39. The Morgan fingerprint density at radius 3 is 2.41 bits per heavy atom. The molecule has 3 heteroatoms. The summed E-state index contributed by atoms with van der Waals surface area (Å²) in [6, 6.07) is 9.86. The molecular formula is C14H17ClN2. The van der Waals surface area contributed by atoms with Gasteiger partial charge in [-0.1, -0.05) is 30.9 Å². The van der Waals surface area contributed by atoms with Crippen LogP contribution in [0.15, 0.2) is 24.3 Å². The summed E-state index contributed by atoms with van der Waals surface area (Å²) in [5.41, 5.74) is 0.978. The van der Waals surface area contributed by atoms with Crippen molar-refractivity contribution in [2.24, 2.45) is 5.92 Å². The van der Waals surface area contributed by atoms with Crippen molar-refractivity contribution in [2.75, 3.05) is 5.32 Å². The van der Waals surface area contributed by atoms with Gasteiger partial charge in [0, 0.05) is 10.7 Å². The van der Waals surface area contributed by atoms with E-state index in [1.807, 2.05) is 24.3 Å². The molecule has 1 aromatic carbocycles. The minimum absolute atomic E-state index is 0.0727. The van der Waals surface area contributed by atoms with Crippen LogP contribution in [0.2, 0.25) is 5.02 Å². The number of anilines is 1. The van der Waals surface area contributed by atoms with Crippen molar-refractivity contribution in [1.29, 1.82) is 5.26 Å². The quantitative estimate of drug-likeness (QED) is 0.869. The second kappa shape index (κ2) is 5.93. The van der Waals surface area contributed by atoms with E-state index < -0.39 is 0 Å². The summed E-state index contributed by atoms with van der Waals surface area (Å²) in [5.74, 6) is 0.490. The van der Waals surface area contributed by atoms with E-state index in [0.717, 1.165) is 10.7 Å². The second-order valence-corrected chi connectivity index (χ2v) is 5.09. The van der Waals surface area contributed by atoms with E-state index in [9.17, 15) is 5.26 Å². The zero-order valence-corrected chi connectivity index (χ0v) is 10.6. The Morgan fingerprint density at radius 2 is 1.82 bits per heavy atom. The molecule has 90 valence electrons. The van der Waals surface area contributed by atoms with E-state index in [4.69, 9.17) is 11.6 Å². The van der Waals surface area contributed by atoms with Gasteiger partial charge < -0.3 is 5.32 Å². The van der Waals surface area contributed by atoms with E-state index in [2.05, 4.69) is 11.4 Å². The minimum atomic E-state index is -0.0727. The van der Waals surface area contributed by atoms with E-state index in [1.54, 1.807) is 0 Å². The summed E-state index contributed by atoms with van der Waals surface area (Å²) < 4.78 is 0. The molecule has 1 atom stereocenters. The maximum absolute atomic E-state index is 9.26. The van der Waals surface area contributed by atoms with E-state index in [-0.39, 0.29) is 6.04 Å². The molecule has 1 unspecified atom stereocenters. The number of nitriles is 1. The first-order valence-electron chi connectivity index (χ1n) is 6.21. The van der Waals surface area contributed by atoms with Crippen LogP contribution >= 0.6 is 11.6 Å². The lowest BCUT2D eigenvalue weighted by molar-refractivity contribution is 0.346. The topological polar surface area (TPSA) is 35.8 Å². The van der Waals surface area contributed by atoms with Crippen molar-refractivity contribution >= 4 is 17.3 Å². The molecule has 0 spiro atoms. The fourth-order valence-corrected chi connectivity index (χ4v) is 2.57. The molecule has 2 rings (SSSR count). The Balaban J connectivity index is 1.99. The van der Waals surface area contributed by atoms with Gasteiger partial charge in [-0.15, -0.1) is 0 Å². The zero-order valence-electron chi connectivity index (χ0n) is 9.82. The van der Waals surface area contributed by atoms with Crippen molar-refractivity contribution in [3.8, 4) is 6.07 Å². The van der Waals surface area contributed by atoms with Gasteiger partial charge >= 0.3 is 0 Å². The number of halogens is 1. The third-order valence-corrected chi connectivity index (χ3v) is 3.68. The Hall–Kier alpha value is -1.20. The van der Waals surface area contributed by atoms with Crippen LogP contribution in [-0.2, 0) is 0 Å². The molecule has 0 aromatic heterocycles. The molecule has 1 N–H and O–H groups in total. The third-order valence-electron chi connectivity index (χ3n) is 3.43. The molecule has 1 saturated carbocycles. The average molecular weight is 249 g/mol. The Bertz CT molecular complexity index is 388. The van der Waals surface area contributed by atoms with Crippen molar-refractivity contribution in [3.05, 3.63) is 29.3 Å². The number of benzene rings is 1. The van der Waals surface area contributed by atoms with Gasteiger partial charge in [0.2, 0.25) is 0 Å². The van der Waals surface area contributed by atoms with Gasteiger partial charge in [0.15, 0.2) is 0 Å². The molecule has 17 heavy (non-hydrogen) atoms. The van der Waals surface area contributed by atoms with Crippen LogP contribution < -0.4 is 5.32 Å². The van der Waals surface area contributed by atoms with Crippen LogP contribution in [0.5, 0.6) is 0 Å². The largest absolute Gasteiger partial charge is 0.370 e. The van der Waals surface area contributed by atoms with Crippen molar-refractivity contribution in [3.63, 3.8) is 0 Å². The molecule has 1 aliphatic carbocycles. The lowest BCUT2D eigenvalue weighted by atomic mass is 9.84. The number of rotatable bonds is 3. The highest BCUT2D eigenvalue weighted by Gasteiger charge is 2.23. The summed E-state index contributed by atoms with van der Waals surface area (Å²) in [5, 5.41) is 13.3. The predicted octanol–water partition coefficient (Wildman–Crippen LogP) is 4.22. The summed E-state index contributed by atoms with van der Waals surface area (Å²) in [6.07, 6.45) is 6.16. The lowest BCUT2D eigenvalue weighted by Crippen LogP contribution is -2.29. The number of hydrogen-bond donors (Lipinski definition) is 1. The molecule has 0 bridgehead atoms. The molecule has 1 fully saturated rings. The first kappa shape index (κ1) is 12.3. The molecule has 1 aromatic rings. The number of hydrogen-bond acceptors (Lipinski definition) is 2. The van der Waals surface area contributed by atoms with Gasteiger partial charge in [-0.25, -0.2) is 0 Å². The highest BCUT2D eigenvalue weighted by atomic mass is 35.5. The standard InChI is InChI=1S/C14H17ClN2/c15-12-6-8-13(9-7-12)17-14(10-16)11-4-2-1-3-5-11/h6-9,11,14,17H,1-5H2. The third kappa shape index (κ3) is 3.38. The highest BCUT2D eigenvalue weighted by molar-refractivity contribution is 6.30. The SMILES string of the molecule is N#CC(Nc1ccc(Cl)cc1)C1CCCCC1. The highest BCUT2D eigenvalue weighted by Crippen LogP contribution is 2.28. The summed E-state index contributed by atoms with van der Waals surface area (Å²) in [7, 11) is 0. The molecule has 0 aliphatic heterocycles. The van der Waals surface area contributed by atoms with Gasteiger partial charge in [-0.05, 0) is 43.0 Å².